The molecular formula is C11H13ClN2O2. The summed E-state index contributed by atoms with van der Waals surface area (Å²) in [5, 5.41) is 30.2. The SMILES string of the molecule is CC(CO)(CO)Nc1ccc(C#N)cc1Cl. The summed E-state index contributed by atoms with van der Waals surface area (Å²) in [5.41, 5.74) is 0.203. The van der Waals surface area contributed by atoms with E-state index in [1.54, 1.807) is 19.1 Å². The number of nitrogens with zero attached hydrogens (tertiary/aromatic N) is 1. The van der Waals surface area contributed by atoms with Crippen LogP contribution >= 0.6 is 11.6 Å². The third kappa shape index (κ3) is 2.86. The molecule has 0 heterocycles. The van der Waals surface area contributed by atoms with Gasteiger partial charge in [-0.1, -0.05) is 11.6 Å². The Morgan fingerprint density at radius 2 is 2.06 bits per heavy atom. The highest BCUT2D eigenvalue weighted by Crippen LogP contribution is 2.25. The predicted molar refractivity (Wildman–Crippen MR) is 62.4 cm³/mol. The van der Waals surface area contributed by atoms with Gasteiger partial charge in [0, 0.05) is 0 Å². The molecule has 4 nitrogen and oxygen atoms in total. The van der Waals surface area contributed by atoms with Crippen LogP contribution in [0.5, 0.6) is 0 Å². The lowest BCUT2D eigenvalue weighted by atomic mass is 10.0. The zero-order valence-corrected chi connectivity index (χ0v) is 9.62. The molecule has 0 spiro atoms. The Bertz CT molecular complexity index is 411. The molecule has 1 aromatic carbocycles. The van der Waals surface area contributed by atoms with Gasteiger partial charge in [0.05, 0.1) is 41.1 Å². The van der Waals surface area contributed by atoms with E-state index in [0.717, 1.165) is 0 Å². The number of aliphatic hydroxyl groups is 2. The Morgan fingerprint density at radius 1 is 1.44 bits per heavy atom. The van der Waals surface area contributed by atoms with Gasteiger partial charge in [0.15, 0.2) is 0 Å². The largest absolute Gasteiger partial charge is 0.394 e. The summed E-state index contributed by atoms with van der Waals surface area (Å²) >= 11 is 5.95. The number of halogens is 1. The first-order chi connectivity index (χ1) is 7.54. The lowest BCUT2D eigenvalue weighted by molar-refractivity contribution is 0.147. The quantitative estimate of drug-likeness (QED) is 0.743. The molecule has 1 rings (SSSR count). The van der Waals surface area contributed by atoms with E-state index in [0.29, 0.717) is 16.3 Å². The van der Waals surface area contributed by atoms with Gasteiger partial charge in [-0.3, -0.25) is 0 Å². The molecular weight excluding hydrogens is 228 g/mol. The molecule has 0 unspecified atom stereocenters. The minimum absolute atomic E-state index is 0.222. The van der Waals surface area contributed by atoms with Crippen molar-refractivity contribution in [3.63, 3.8) is 0 Å². The Balaban J connectivity index is 2.94. The van der Waals surface area contributed by atoms with Crippen molar-refractivity contribution >= 4 is 17.3 Å². The number of nitrogens with one attached hydrogen (secondary N) is 1. The highest BCUT2D eigenvalue weighted by atomic mass is 35.5. The molecule has 0 aliphatic carbocycles. The van der Waals surface area contributed by atoms with Crippen LogP contribution in [0.25, 0.3) is 0 Å². The maximum atomic E-state index is 9.12. The molecule has 0 amide bonds. The van der Waals surface area contributed by atoms with Crippen molar-refractivity contribution in [2.75, 3.05) is 18.5 Å². The van der Waals surface area contributed by atoms with Crippen LogP contribution in [0.4, 0.5) is 5.69 Å². The summed E-state index contributed by atoms with van der Waals surface area (Å²) in [7, 11) is 0. The second kappa shape index (κ2) is 5.17. The lowest BCUT2D eigenvalue weighted by Crippen LogP contribution is -2.42. The Kier molecular flexibility index (Phi) is 4.13. The van der Waals surface area contributed by atoms with Gasteiger partial charge in [-0.15, -0.1) is 0 Å². The molecule has 3 N–H and O–H groups in total. The van der Waals surface area contributed by atoms with E-state index in [-0.39, 0.29) is 13.2 Å². The fraction of sp³-hybridized carbons (Fsp3) is 0.364. The highest BCUT2D eigenvalue weighted by Gasteiger charge is 2.22. The fourth-order valence-corrected chi connectivity index (χ4v) is 1.37. The standard InChI is InChI=1S/C11H13ClN2O2/c1-11(6-15,7-16)14-10-3-2-8(5-13)4-9(10)12/h2-4,14-16H,6-7H2,1H3. The number of benzene rings is 1. The van der Waals surface area contributed by atoms with Gasteiger partial charge in [0.25, 0.3) is 0 Å². The summed E-state index contributed by atoms with van der Waals surface area (Å²) < 4.78 is 0. The third-order valence-electron chi connectivity index (χ3n) is 2.23. The monoisotopic (exact) mass is 240 g/mol. The summed E-state index contributed by atoms with van der Waals surface area (Å²) in [6, 6.07) is 6.76. The Morgan fingerprint density at radius 3 is 2.50 bits per heavy atom. The average Bonchev–Trinajstić information content (AvgIpc) is 2.31. The van der Waals surface area contributed by atoms with Crippen LogP contribution in [0, 0.1) is 11.3 Å². The molecule has 86 valence electrons. The number of rotatable bonds is 4. The van der Waals surface area contributed by atoms with Gasteiger partial charge in [-0.25, -0.2) is 0 Å². The van der Waals surface area contributed by atoms with E-state index in [4.69, 9.17) is 27.1 Å². The van der Waals surface area contributed by atoms with Gasteiger partial charge in [-0.05, 0) is 25.1 Å². The second-order valence-corrected chi connectivity index (χ2v) is 4.22. The maximum Gasteiger partial charge on any atom is 0.0992 e. The molecule has 0 saturated heterocycles. The van der Waals surface area contributed by atoms with Crippen LogP contribution in [-0.4, -0.2) is 29.0 Å². The minimum atomic E-state index is -0.836. The van der Waals surface area contributed by atoms with Crippen molar-refractivity contribution in [1.82, 2.24) is 0 Å². The molecule has 0 radical (unpaired) electrons. The highest BCUT2D eigenvalue weighted by molar-refractivity contribution is 6.33. The maximum absolute atomic E-state index is 9.12. The van der Waals surface area contributed by atoms with Crippen molar-refractivity contribution in [3.05, 3.63) is 28.8 Å². The van der Waals surface area contributed by atoms with Crippen LogP contribution in [0.2, 0.25) is 5.02 Å². The second-order valence-electron chi connectivity index (χ2n) is 3.81. The molecule has 0 saturated carbocycles. The van der Waals surface area contributed by atoms with Crippen molar-refractivity contribution in [3.8, 4) is 6.07 Å². The number of anilines is 1. The topological polar surface area (TPSA) is 76.3 Å². The smallest absolute Gasteiger partial charge is 0.0992 e. The van der Waals surface area contributed by atoms with E-state index < -0.39 is 5.54 Å². The van der Waals surface area contributed by atoms with E-state index in [2.05, 4.69) is 5.32 Å². The number of nitriles is 1. The fourth-order valence-electron chi connectivity index (χ4n) is 1.14. The molecule has 0 bridgehead atoms. The summed E-state index contributed by atoms with van der Waals surface area (Å²) in [5.74, 6) is 0. The van der Waals surface area contributed by atoms with Gasteiger partial charge in [0.1, 0.15) is 0 Å². The molecule has 0 atom stereocenters. The molecule has 0 aliphatic rings. The first-order valence-electron chi connectivity index (χ1n) is 4.74. The third-order valence-corrected chi connectivity index (χ3v) is 2.55. The molecule has 0 aromatic heterocycles. The van der Waals surface area contributed by atoms with Gasteiger partial charge in [-0.2, -0.15) is 5.26 Å². The van der Waals surface area contributed by atoms with Crippen molar-refractivity contribution in [2.24, 2.45) is 0 Å². The van der Waals surface area contributed by atoms with E-state index in [9.17, 15) is 0 Å². The van der Waals surface area contributed by atoms with Crippen LogP contribution in [-0.2, 0) is 0 Å². The van der Waals surface area contributed by atoms with E-state index in [1.807, 2.05) is 6.07 Å². The van der Waals surface area contributed by atoms with Gasteiger partial charge in [0.2, 0.25) is 0 Å². The van der Waals surface area contributed by atoms with Crippen LogP contribution < -0.4 is 5.32 Å². The van der Waals surface area contributed by atoms with Crippen molar-refractivity contribution in [2.45, 2.75) is 12.5 Å². The summed E-state index contributed by atoms with van der Waals surface area (Å²) in [6.45, 7) is 1.22. The first kappa shape index (κ1) is 12.8. The van der Waals surface area contributed by atoms with Crippen molar-refractivity contribution in [1.29, 1.82) is 5.26 Å². The van der Waals surface area contributed by atoms with Gasteiger partial charge >= 0.3 is 0 Å². The molecule has 16 heavy (non-hydrogen) atoms. The molecule has 5 heteroatoms. The lowest BCUT2D eigenvalue weighted by Gasteiger charge is -2.28. The normalized spacial score (nSPS) is 10.9. The van der Waals surface area contributed by atoms with E-state index >= 15 is 0 Å². The minimum Gasteiger partial charge on any atom is -0.394 e. The van der Waals surface area contributed by atoms with E-state index in [1.165, 1.54) is 6.07 Å². The summed E-state index contributed by atoms with van der Waals surface area (Å²) in [4.78, 5) is 0. The Hall–Kier alpha value is -1.28. The van der Waals surface area contributed by atoms with Crippen molar-refractivity contribution < 1.29 is 10.2 Å². The number of aliphatic hydroxyl groups excluding tert-OH is 2. The van der Waals surface area contributed by atoms with Crippen LogP contribution in [0.1, 0.15) is 12.5 Å². The first-order valence-corrected chi connectivity index (χ1v) is 5.12. The average molecular weight is 241 g/mol. The van der Waals surface area contributed by atoms with Crippen LogP contribution in [0.3, 0.4) is 0 Å². The molecule has 1 aromatic rings. The van der Waals surface area contributed by atoms with Gasteiger partial charge < -0.3 is 15.5 Å². The zero-order valence-electron chi connectivity index (χ0n) is 8.87. The Labute approximate surface area is 99.1 Å². The molecule has 0 aliphatic heterocycles. The predicted octanol–water partition coefficient (Wildman–Crippen LogP) is 1.37. The van der Waals surface area contributed by atoms with Crippen LogP contribution in [0.15, 0.2) is 18.2 Å². The zero-order chi connectivity index (χ0) is 12.2. The number of hydrogen-bond donors (Lipinski definition) is 3. The molecule has 0 fully saturated rings. The summed E-state index contributed by atoms with van der Waals surface area (Å²) in [6.07, 6.45) is 0. The number of hydrogen-bond acceptors (Lipinski definition) is 4.